The van der Waals surface area contributed by atoms with Gasteiger partial charge in [-0.2, -0.15) is 0 Å². The number of rotatable bonds is 4. The van der Waals surface area contributed by atoms with E-state index in [0.29, 0.717) is 6.54 Å². The summed E-state index contributed by atoms with van der Waals surface area (Å²) < 4.78 is 5.78. The van der Waals surface area contributed by atoms with Crippen molar-refractivity contribution in [2.24, 2.45) is 5.92 Å². The molecule has 1 fully saturated rings. The van der Waals surface area contributed by atoms with E-state index in [4.69, 9.17) is 4.74 Å². The second-order valence-corrected chi connectivity index (χ2v) is 6.65. The van der Waals surface area contributed by atoms with Crippen molar-refractivity contribution in [3.63, 3.8) is 0 Å². The molecular formula is C16H22BrN2O3+. The number of amides is 1. The van der Waals surface area contributed by atoms with E-state index in [1.807, 2.05) is 25.1 Å². The molecule has 120 valence electrons. The summed E-state index contributed by atoms with van der Waals surface area (Å²) in [4.78, 5) is 24.9. The lowest BCUT2D eigenvalue weighted by atomic mass is 9.97. The van der Waals surface area contributed by atoms with Crippen LogP contribution >= 0.6 is 15.9 Å². The minimum absolute atomic E-state index is 0.00877. The van der Waals surface area contributed by atoms with Gasteiger partial charge in [-0.15, -0.1) is 0 Å². The Bertz CT molecular complexity index is 554. The third-order valence-corrected chi connectivity index (χ3v) is 4.59. The Morgan fingerprint density at radius 3 is 2.64 bits per heavy atom. The third kappa shape index (κ3) is 4.55. The highest BCUT2D eigenvalue weighted by Gasteiger charge is 2.29. The minimum atomic E-state index is -0.131. The van der Waals surface area contributed by atoms with Gasteiger partial charge >= 0.3 is 5.97 Å². The van der Waals surface area contributed by atoms with E-state index < -0.39 is 0 Å². The van der Waals surface area contributed by atoms with Crippen molar-refractivity contribution < 1.29 is 19.2 Å². The number of halogens is 1. The van der Waals surface area contributed by atoms with Crippen molar-refractivity contribution in [1.82, 2.24) is 0 Å². The average molecular weight is 370 g/mol. The van der Waals surface area contributed by atoms with Crippen molar-refractivity contribution in [3.05, 3.63) is 28.2 Å². The summed E-state index contributed by atoms with van der Waals surface area (Å²) in [5, 5.41) is 2.96. The molecule has 1 saturated heterocycles. The molecule has 0 saturated carbocycles. The summed E-state index contributed by atoms with van der Waals surface area (Å²) in [5.41, 5.74) is 1.87. The van der Waals surface area contributed by atoms with E-state index in [-0.39, 0.29) is 17.8 Å². The molecule has 1 aliphatic rings. The summed E-state index contributed by atoms with van der Waals surface area (Å²) >= 11 is 3.41. The summed E-state index contributed by atoms with van der Waals surface area (Å²) in [5.74, 6) is -0.128. The maximum atomic E-state index is 12.2. The second kappa shape index (κ2) is 7.74. The Hall–Kier alpha value is -1.40. The summed E-state index contributed by atoms with van der Waals surface area (Å²) in [6.07, 6.45) is 1.57. The predicted molar refractivity (Wildman–Crippen MR) is 87.8 cm³/mol. The first-order valence-electron chi connectivity index (χ1n) is 7.47. The molecule has 0 aliphatic carbocycles. The first-order valence-corrected chi connectivity index (χ1v) is 8.26. The first kappa shape index (κ1) is 17.0. The zero-order valence-electron chi connectivity index (χ0n) is 12.9. The SMILES string of the molecule is COC(=O)C1CC[NH+](CC(=O)Nc2ccc(Br)cc2C)CC1. The number of quaternary nitrogens is 1. The molecule has 6 heteroatoms. The molecule has 0 radical (unpaired) electrons. The van der Waals surface area contributed by atoms with Gasteiger partial charge in [0.15, 0.2) is 6.54 Å². The fourth-order valence-corrected chi connectivity index (χ4v) is 3.27. The standard InChI is InChI=1S/C16H21BrN2O3/c1-11-9-13(17)3-4-14(11)18-15(20)10-19-7-5-12(6-8-19)16(21)22-2/h3-4,9,12H,5-8,10H2,1-2H3,(H,18,20)/p+1. The Labute approximate surface area is 139 Å². The highest BCUT2D eigenvalue weighted by Crippen LogP contribution is 2.19. The average Bonchev–Trinajstić information content (AvgIpc) is 2.50. The number of anilines is 1. The van der Waals surface area contributed by atoms with Crippen molar-refractivity contribution >= 4 is 33.5 Å². The highest BCUT2D eigenvalue weighted by atomic mass is 79.9. The second-order valence-electron chi connectivity index (χ2n) is 5.73. The van der Waals surface area contributed by atoms with Crippen LogP contribution in [0, 0.1) is 12.8 Å². The van der Waals surface area contributed by atoms with Crippen molar-refractivity contribution in [2.75, 3.05) is 32.1 Å². The van der Waals surface area contributed by atoms with Gasteiger partial charge in [0.05, 0.1) is 26.1 Å². The number of aryl methyl sites for hydroxylation is 1. The van der Waals surface area contributed by atoms with Crippen LogP contribution in [0.25, 0.3) is 0 Å². The Morgan fingerprint density at radius 1 is 1.36 bits per heavy atom. The van der Waals surface area contributed by atoms with Crippen LogP contribution in [0.2, 0.25) is 0 Å². The Kier molecular flexibility index (Phi) is 5.97. The number of hydrogen-bond donors (Lipinski definition) is 2. The van der Waals surface area contributed by atoms with Gasteiger partial charge < -0.3 is 15.0 Å². The number of benzene rings is 1. The van der Waals surface area contributed by atoms with E-state index >= 15 is 0 Å². The minimum Gasteiger partial charge on any atom is -0.469 e. The van der Waals surface area contributed by atoms with Crippen LogP contribution in [-0.4, -0.2) is 38.6 Å². The molecule has 0 spiro atoms. The van der Waals surface area contributed by atoms with Gasteiger partial charge in [-0.25, -0.2) is 0 Å². The quantitative estimate of drug-likeness (QED) is 0.783. The third-order valence-electron chi connectivity index (χ3n) is 4.10. The number of methoxy groups -OCH3 is 1. The van der Waals surface area contributed by atoms with Crippen molar-refractivity contribution in [2.45, 2.75) is 19.8 Å². The van der Waals surface area contributed by atoms with E-state index in [1.54, 1.807) is 0 Å². The van der Waals surface area contributed by atoms with Gasteiger partial charge in [0, 0.05) is 23.0 Å². The molecule has 5 nitrogen and oxygen atoms in total. The molecule has 22 heavy (non-hydrogen) atoms. The van der Waals surface area contributed by atoms with E-state index in [0.717, 1.165) is 41.7 Å². The maximum absolute atomic E-state index is 12.2. The number of esters is 1. The lowest BCUT2D eigenvalue weighted by Crippen LogP contribution is -3.14. The maximum Gasteiger partial charge on any atom is 0.309 e. The molecule has 1 amide bonds. The largest absolute Gasteiger partial charge is 0.469 e. The molecule has 0 aromatic heterocycles. The van der Waals surface area contributed by atoms with Gasteiger partial charge in [0.1, 0.15) is 0 Å². The summed E-state index contributed by atoms with van der Waals surface area (Å²) in [7, 11) is 1.43. The molecule has 1 aromatic carbocycles. The molecular weight excluding hydrogens is 348 g/mol. The van der Waals surface area contributed by atoms with Gasteiger partial charge in [-0.05, 0) is 30.7 Å². The number of hydrogen-bond acceptors (Lipinski definition) is 3. The van der Waals surface area contributed by atoms with Crippen LogP contribution in [-0.2, 0) is 14.3 Å². The van der Waals surface area contributed by atoms with E-state index in [2.05, 4.69) is 21.2 Å². The molecule has 0 atom stereocenters. The van der Waals surface area contributed by atoms with Crippen LogP contribution in [0.3, 0.4) is 0 Å². The van der Waals surface area contributed by atoms with Gasteiger partial charge in [-0.1, -0.05) is 15.9 Å². The first-order chi connectivity index (χ1) is 10.5. The molecule has 1 aliphatic heterocycles. The van der Waals surface area contributed by atoms with E-state index in [9.17, 15) is 9.59 Å². The summed E-state index contributed by atoms with van der Waals surface area (Å²) in [6, 6.07) is 5.79. The van der Waals surface area contributed by atoms with Crippen LogP contribution < -0.4 is 10.2 Å². The number of piperidine rings is 1. The Morgan fingerprint density at radius 2 is 2.05 bits per heavy atom. The van der Waals surface area contributed by atoms with Crippen LogP contribution in [0.1, 0.15) is 18.4 Å². The lowest BCUT2D eigenvalue weighted by molar-refractivity contribution is -0.897. The van der Waals surface area contributed by atoms with Crippen LogP contribution in [0.5, 0.6) is 0 Å². The topological polar surface area (TPSA) is 59.8 Å². The fourth-order valence-electron chi connectivity index (χ4n) is 2.79. The number of ether oxygens (including phenoxy) is 1. The summed E-state index contributed by atoms with van der Waals surface area (Å²) in [6.45, 7) is 4.05. The monoisotopic (exact) mass is 369 g/mol. The number of likely N-dealkylation sites (tertiary alicyclic amines) is 1. The molecule has 0 unspecified atom stereocenters. The molecule has 0 bridgehead atoms. The lowest BCUT2D eigenvalue weighted by Gasteiger charge is -2.27. The fraction of sp³-hybridized carbons (Fsp3) is 0.500. The van der Waals surface area contributed by atoms with Gasteiger partial charge in [0.25, 0.3) is 5.91 Å². The number of carbonyl (C=O) groups excluding carboxylic acids is 2. The number of nitrogens with one attached hydrogen (secondary N) is 2. The van der Waals surface area contributed by atoms with Gasteiger partial charge in [0.2, 0.25) is 0 Å². The Balaban J connectivity index is 1.82. The van der Waals surface area contributed by atoms with Crippen molar-refractivity contribution in [3.8, 4) is 0 Å². The zero-order chi connectivity index (χ0) is 16.1. The van der Waals surface area contributed by atoms with Gasteiger partial charge in [-0.3, -0.25) is 9.59 Å². The van der Waals surface area contributed by atoms with Crippen LogP contribution in [0.4, 0.5) is 5.69 Å². The molecule has 2 rings (SSSR count). The predicted octanol–water partition coefficient (Wildman–Crippen LogP) is 1.16. The molecule has 1 heterocycles. The normalized spacial score (nSPS) is 21.2. The van der Waals surface area contributed by atoms with Crippen molar-refractivity contribution in [1.29, 1.82) is 0 Å². The number of carbonyl (C=O) groups is 2. The highest BCUT2D eigenvalue weighted by molar-refractivity contribution is 9.10. The van der Waals surface area contributed by atoms with E-state index in [1.165, 1.54) is 12.0 Å². The zero-order valence-corrected chi connectivity index (χ0v) is 14.5. The smallest absolute Gasteiger partial charge is 0.309 e. The molecule has 1 aromatic rings. The van der Waals surface area contributed by atoms with Crippen LogP contribution in [0.15, 0.2) is 22.7 Å². The molecule has 2 N–H and O–H groups in total.